The first-order valence-corrected chi connectivity index (χ1v) is 10.9. The Kier molecular flexibility index (Phi) is 8.19. The lowest BCUT2D eigenvalue weighted by Crippen LogP contribution is -2.55. The third-order valence-corrected chi connectivity index (χ3v) is 5.95. The van der Waals surface area contributed by atoms with Crippen molar-refractivity contribution in [3.63, 3.8) is 0 Å². The molecule has 3 rings (SSSR count). The van der Waals surface area contributed by atoms with Crippen molar-refractivity contribution in [1.82, 2.24) is 24.8 Å². The van der Waals surface area contributed by atoms with Crippen LogP contribution in [0.1, 0.15) is 6.23 Å². The molecule has 1 fully saturated rings. The maximum absolute atomic E-state index is 12.7. The summed E-state index contributed by atoms with van der Waals surface area (Å²) in [5.74, 6) is -5.15. The molecule has 15 nitrogen and oxygen atoms in total. The number of nitrogens with one attached hydrogen (secondary N) is 3. The number of methoxy groups -OCH3 is 1. The van der Waals surface area contributed by atoms with Crippen LogP contribution in [0.4, 0.5) is 0 Å². The number of ether oxygens (including phenoxy) is 2. The normalized spacial score (nSPS) is 23.1. The highest BCUT2D eigenvalue weighted by atomic mass is 32.2. The standard InChI is InChI=1S/C19H20N6O9S/c1-33-17(31)11(24-15(30)8(6-20)9(26)7-35-18-21-3-4-22-18)14-12(28)13(29)16(34-14)25-5-2-10(27)23-19(25)32/h2-5,8,11-14,16,28-29H,7H2,1H3,(H,21,22)(H,24,30)(H,23,27,32)/t8?,11?,12-,13+,14+,16+/m0/s1. The molecule has 2 aromatic rings. The van der Waals surface area contributed by atoms with Gasteiger partial charge in [-0.1, -0.05) is 11.8 Å². The molecule has 1 aliphatic heterocycles. The van der Waals surface area contributed by atoms with Crippen LogP contribution in [0, 0.1) is 17.2 Å². The van der Waals surface area contributed by atoms with Gasteiger partial charge in [-0.05, 0) is 0 Å². The van der Waals surface area contributed by atoms with Gasteiger partial charge in [0.1, 0.15) is 18.3 Å². The molecular weight excluding hydrogens is 488 g/mol. The van der Waals surface area contributed by atoms with Crippen LogP contribution in [0.25, 0.3) is 0 Å². The van der Waals surface area contributed by atoms with Gasteiger partial charge in [0.25, 0.3) is 5.56 Å². The summed E-state index contributed by atoms with van der Waals surface area (Å²) in [6, 6.07) is 0.773. The van der Waals surface area contributed by atoms with E-state index in [9.17, 15) is 39.4 Å². The lowest BCUT2D eigenvalue weighted by molar-refractivity contribution is -0.153. The maximum atomic E-state index is 12.7. The number of ketones is 1. The van der Waals surface area contributed by atoms with Crippen LogP contribution in [0.3, 0.4) is 0 Å². The zero-order chi connectivity index (χ0) is 25.7. The minimum Gasteiger partial charge on any atom is -0.467 e. The Balaban J connectivity index is 1.77. The topological polar surface area (TPSA) is 229 Å². The van der Waals surface area contributed by atoms with Gasteiger partial charge >= 0.3 is 11.7 Å². The van der Waals surface area contributed by atoms with Crippen LogP contribution in [0.15, 0.2) is 39.4 Å². The molecule has 3 heterocycles. The van der Waals surface area contributed by atoms with E-state index in [1.165, 1.54) is 12.4 Å². The minimum absolute atomic E-state index is 0.277. The molecule has 0 bridgehead atoms. The molecule has 186 valence electrons. The van der Waals surface area contributed by atoms with Crippen LogP contribution in [-0.4, -0.2) is 84.6 Å². The number of amides is 1. The number of esters is 1. The molecule has 2 aromatic heterocycles. The van der Waals surface area contributed by atoms with Gasteiger partial charge < -0.3 is 30.0 Å². The van der Waals surface area contributed by atoms with Crippen LogP contribution >= 0.6 is 11.8 Å². The Hall–Kier alpha value is -3.78. The Labute approximate surface area is 200 Å². The first-order valence-electron chi connectivity index (χ1n) is 9.93. The Morgan fingerprint density at radius 2 is 2.11 bits per heavy atom. The lowest BCUT2D eigenvalue weighted by atomic mass is 10.0. The average molecular weight is 508 g/mol. The number of Topliss-reactive ketones (excluding diaryl/α,β-unsaturated/α-hetero) is 1. The van der Waals surface area contributed by atoms with E-state index in [0.717, 1.165) is 35.7 Å². The van der Waals surface area contributed by atoms with Gasteiger partial charge in [0.05, 0.1) is 18.9 Å². The highest BCUT2D eigenvalue weighted by Crippen LogP contribution is 2.30. The number of aliphatic hydroxyl groups excluding tert-OH is 2. The third-order valence-electron chi connectivity index (χ3n) is 5.02. The van der Waals surface area contributed by atoms with E-state index in [0.29, 0.717) is 5.16 Å². The number of hydrogen-bond acceptors (Lipinski definition) is 12. The summed E-state index contributed by atoms with van der Waals surface area (Å²) in [7, 11) is 0.982. The zero-order valence-electron chi connectivity index (χ0n) is 18.0. The van der Waals surface area contributed by atoms with E-state index >= 15 is 0 Å². The summed E-state index contributed by atoms with van der Waals surface area (Å²) in [4.78, 5) is 69.5. The van der Waals surface area contributed by atoms with Gasteiger partial charge in [0, 0.05) is 24.7 Å². The second kappa shape index (κ2) is 11.1. The molecular formula is C19H20N6O9S. The molecule has 2 unspecified atom stereocenters. The van der Waals surface area contributed by atoms with Crippen molar-refractivity contribution in [2.75, 3.05) is 12.9 Å². The summed E-state index contributed by atoms with van der Waals surface area (Å²) in [6.45, 7) is 0. The molecule has 1 aliphatic rings. The van der Waals surface area contributed by atoms with E-state index in [2.05, 4.69) is 20.0 Å². The number of nitrogens with zero attached hydrogens (tertiary/aromatic N) is 3. The first kappa shape index (κ1) is 25.8. The number of rotatable bonds is 9. The van der Waals surface area contributed by atoms with Crippen molar-refractivity contribution in [3.8, 4) is 6.07 Å². The third kappa shape index (κ3) is 5.66. The molecule has 1 saturated heterocycles. The van der Waals surface area contributed by atoms with Crippen molar-refractivity contribution in [2.45, 2.75) is 35.7 Å². The largest absolute Gasteiger partial charge is 0.467 e. The van der Waals surface area contributed by atoms with Crippen molar-refractivity contribution in [2.24, 2.45) is 5.92 Å². The highest BCUT2D eigenvalue weighted by molar-refractivity contribution is 7.99. The van der Waals surface area contributed by atoms with Gasteiger partial charge in [0.15, 0.2) is 29.1 Å². The summed E-state index contributed by atoms with van der Waals surface area (Å²) in [5.41, 5.74) is -1.68. The molecule has 6 atom stereocenters. The first-order chi connectivity index (χ1) is 16.7. The van der Waals surface area contributed by atoms with Crippen molar-refractivity contribution < 1.29 is 34.1 Å². The van der Waals surface area contributed by atoms with Crippen molar-refractivity contribution >= 4 is 29.4 Å². The van der Waals surface area contributed by atoms with Gasteiger partial charge in [0.2, 0.25) is 5.91 Å². The summed E-state index contributed by atoms with van der Waals surface area (Å²) in [6.07, 6.45) is -2.76. The van der Waals surface area contributed by atoms with Crippen LogP contribution in [-0.2, 0) is 23.9 Å². The number of aromatic amines is 2. The second-order valence-electron chi connectivity index (χ2n) is 7.21. The van der Waals surface area contributed by atoms with Crippen LogP contribution in [0.2, 0.25) is 0 Å². The SMILES string of the molecule is COC(=O)C(NC(=O)C(C#N)C(=O)CSc1ncc[nH]1)[C@H]1O[C@@H](n2ccc(=O)[nH]c2=O)[C@H](O)[C@@H]1O. The molecule has 16 heteroatoms. The summed E-state index contributed by atoms with van der Waals surface area (Å²) in [5, 5.41) is 32.8. The number of aromatic nitrogens is 4. The zero-order valence-corrected chi connectivity index (χ0v) is 18.8. The van der Waals surface area contributed by atoms with E-state index in [-0.39, 0.29) is 5.75 Å². The number of H-pyrrole nitrogens is 2. The molecule has 0 aromatic carbocycles. The van der Waals surface area contributed by atoms with Gasteiger partial charge in [-0.25, -0.2) is 14.6 Å². The predicted molar refractivity (Wildman–Crippen MR) is 115 cm³/mol. The quantitative estimate of drug-likeness (QED) is 0.130. The van der Waals surface area contributed by atoms with Crippen molar-refractivity contribution in [3.05, 3.63) is 45.5 Å². The number of imidazole rings is 1. The second-order valence-corrected chi connectivity index (χ2v) is 8.17. The van der Waals surface area contributed by atoms with E-state index in [1.54, 1.807) is 6.07 Å². The molecule has 0 saturated carbocycles. The number of nitriles is 1. The fourth-order valence-corrected chi connectivity index (χ4v) is 4.02. The van der Waals surface area contributed by atoms with Gasteiger partial charge in [-0.3, -0.25) is 23.9 Å². The number of aliphatic hydroxyl groups is 2. The molecule has 0 radical (unpaired) electrons. The van der Waals surface area contributed by atoms with E-state index in [4.69, 9.17) is 4.74 Å². The summed E-state index contributed by atoms with van der Waals surface area (Å²) < 4.78 is 10.9. The maximum Gasteiger partial charge on any atom is 0.331 e. The highest BCUT2D eigenvalue weighted by Gasteiger charge is 2.51. The smallest absolute Gasteiger partial charge is 0.331 e. The fraction of sp³-hybridized carbons (Fsp3) is 0.421. The number of carbonyl (C=O) groups excluding carboxylic acids is 3. The van der Waals surface area contributed by atoms with Crippen LogP contribution in [0.5, 0.6) is 0 Å². The van der Waals surface area contributed by atoms with Crippen molar-refractivity contribution in [1.29, 1.82) is 5.26 Å². The summed E-state index contributed by atoms with van der Waals surface area (Å²) >= 11 is 0.958. The average Bonchev–Trinajstić information content (AvgIpc) is 3.45. The predicted octanol–water partition coefficient (Wildman–Crippen LogP) is -2.96. The van der Waals surface area contributed by atoms with Crippen LogP contribution < -0.4 is 16.6 Å². The number of carbonyl (C=O) groups is 3. The van der Waals surface area contributed by atoms with Gasteiger partial charge in [-0.2, -0.15) is 5.26 Å². The number of thioether (sulfide) groups is 1. The fourth-order valence-electron chi connectivity index (χ4n) is 3.29. The van der Waals surface area contributed by atoms with E-state index in [1.807, 2.05) is 4.98 Å². The lowest BCUT2D eigenvalue weighted by Gasteiger charge is -2.25. The van der Waals surface area contributed by atoms with Gasteiger partial charge in [-0.15, -0.1) is 0 Å². The Morgan fingerprint density at radius 1 is 1.37 bits per heavy atom. The van der Waals surface area contributed by atoms with E-state index < -0.39 is 65.4 Å². The molecule has 5 N–H and O–H groups in total. The number of hydrogen-bond donors (Lipinski definition) is 5. The molecule has 1 amide bonds. The monoisotopic (exact) mass is 508 g/mol. The molecule has 0 aliphatic carbocycles. The molecule has 35 heavy (non-hydrogen) atoms. The Bertz CT molecular complexity index is 1240. The Morgan fingerprint density at radius 3 is 2.71 bits per heavy atom. The minimum atomic E-state index is -1.81. The molecule has 0 spiro atoms.